The van der Waals surface area contributed by atoms with Crippen LogP contribution in [0.1, 0.15) is 6.92 Å². The predicted octanol–water partition coefficient (Wildman–Crippen LogP) is 1.23. The number of hydrogen-bond donors (Lipinski definition) is 0. The van der Waals surface area contributed by atoms with Gasteiger partial charge in [-0.2, -0.15) is 0 Å². The van der Waals surface area contributed by atoms with Crippen LogP contribution in [0, 0.1) is 0 Å². The number of carbonyl (C=O) groups excluding carboxylic acids is 1. The average molecular weight is 204 g/mol. The van der Waals surface area contributed by atoms with Gasteiger partial charge in [0.05, 0.1) is 18.7 Å². The normalized spacial score (nSPS) is 18.1. The first kappa shape index (κ1) is 9.71. The number of esters is 1. The van der Waals surface area contributed by atoms with Gasteiger partial charge in [0.2, 0.25) is 0 Å². The second-order valence-electron chi connectivity index (χ2n) is 3.19. The number of hydrogen-bond acceptors (Lipinski definition) is 4. The fraction of sp³-hybridized carbons (Fsp3) is 0.273. The van der Waals surface area contributed by atoms with E-state index in [1.165, 1.54) is 0 Å². The highest BCUT2D eigenvalue weighted by molar-refractivity contribution is 5.99. The van der Waals surface area contributed by atoms with Gasteiger partial charge in [0.25, 0.3) is 0 Å². The van der Waals surface area contributed by atoms with Crippen LogP contribution in [0.4, 0.5) is 0 Å². The Labute approximate surface area is 88.2 Å². The molecule has 2 aliphatic rings. The van der Waals surface area contributed by atoms with Crippen LogP contribution in [0.25, 0.3) is 0 Å². The van der Waals surface area contributed by atoms with Gasteiger partial charge < -0.3 is 9.64 Å². The number of nitrogens with zero attached hydrogens (tertiary/aromatic N) is 2. The number of amidine groups is 1. The fourth-order valence-electron chi connectivity index (χ4n) is 1.43. The molecule has 0 aromatic rings. The van der Waals surface area contributed by atoms with Crippen LogP contribution in [0.5, 0.6) is 0 Å². The van der Waals surface area contributed by atoms with E-state index in [2.05, 4.69) is 4.99 Å². The molecule has 4 heteroatoms. The van der Waals surface area contributed by atoms with Crippen molar-refractivity contribution in [1.29, 1.82) is 0 Å². The van der Waals surface area contributed by atoms with Crippen LogP contribution >= 0.6 is 0 Å². The van der Waals surface area contributed by atoms with Crippen LogP contribution in [0.2, 0.25) is 0 Å². The Hall–Kier alpha value is -1.84. The molecule has 0 N–H and O–H groups in total. The molecular formula is C11H12N2O2. The highest BCUT2D eigenvalue weighted by Crippen LogP contribution is 2.13. The molecule has 0 aliphatic carbocycles. The molecule has 2 heterocycles. The topological polar surface area (TPSA) is 41.9 Å². The predicted molar refractivity (Wildman–Crippen MR) is 57.1 cm³/mol. The summed E-state index contributed by atoms with van der Waals surface area (Å²) >= 11 is 0. The van der Waals surface area contributed by atoms with Crippen molar-refractivity contribution in [3.63, 3.8) is 0 Å². The molecular weight excluding hydrogens is 192 g/mol. The Bertz CT molecular complexity index is 391. The van der Waals surface area contributed by atoms with Crippen LogP contribution < -0.4 is 0 Å². The minimum absolute atomic E-state index is 0.289. The second kappa shape index (κ2) is 4.13. The van der Waals surface area contributed by atoms with Crippen LogP contribution in [0.3, 0.4) is 0 Å². The van der Waals surface area contributed by atoms with Crippen LogP contribution in [0.15, 0.2) is 41.2 Å². The second-order valence-corrected chi connectivity index (χ2v) is 3.19. The van der Waals surface area contributed by atoms with Crippen molar-refractivity contribution in [3.05, 3.63) is 36.2 Å². The molecule has 2 rings (SSSR count). The molecule has 0 aromatic carbocycles. The number of rotatable bonds is 2. The van der Waals surface area contributed by atoms with E-state index in [-0.39, 0.29) is 5.97 Å². The lowest BCUT2D eigenvalue weighted by Crippen LogP contribution is -2.32. The van der Waals surface area contributed by atoms with Crippen LogP contribution in [-0.2, 0) is 9.53 Å². The Morgan fingerprint density at radius 1 is 1.60 bits per heavy atom. The zero-order valence-corrected chi connectivity index (χ0v) is 8.51. The van der Waals surface area contributed by atoms with E-state index < -0.39 is 0 Å². The van der Waals surface area contributed by atoms with Gasteiger partial charge in [0.15, 0.2) is 0 Å². The Kier molecular flexibility index (Phi) is 2.67. The Morgan fingerprint density at radius 3 is 3.27 bits per heavy atom. The maximum absolute atomic E-state index is 11.4. The van der Waals surface area contributed by atoms with Gasteiger partial charge in [-0.1, -0.05) is 6.08 Å². The SMILES string of the molecule is CCOC(=O)C1=CN=C2C=CC=CN2C1. The molecule has 15 heavy (non-hydrogen) atoms. The monoisotopic (exact) mass is 204 g/mol. The summed E-state index contributed by atoms with van der Waals surface area (Å²) in [5.41, 5.74) is 0.584. The number of allylic oxidation sites excluding steroid dienone is 2. The van der Waals surface area contributed by atoms with Crippen molar-refractivity contribution in [3.8, 4) is 0 Å². The maximum atomic E-state index is 11.4. The summed E-state index contributed by atoms with van der Waals surface area (Å²) in [6, 6.07) is 0. The highest BCUT2D eigenvalue weighted by Gasteiger charge is 2.19. The van der Waals surface area contributed by atoms with Crippen molar-refractivity contribution < 1.29 is 9.53 Å². The lowest BCUT2D eigenvalue weighted by molar-refractivity contribution is -0.138. The summed E-state index contributed by atoms with van der Waals surface area (Å²) in [5, 5.41) is 0. The molecule has 0 saturated heterocycles. The van der Waals surface area contributed by atoms with E-state index in [0.717, 1.165) is 5.84 Å². The van der Waals surface area contributed by atoms with Gasteiger partial charge in [-0.25, -0.2) is 9.79 Å². The van der Waals surface area contributed by atoms with Gasteiger partial charge in [-0.3, -0.25) is 0 Å². The molecule has 0 aromatic heterocycles. The third-order valence-corrected chi connectivity index (χ3v) is 2.15. The summed E-state index contributed by atoms with van der Waals surface area (Å²) in [6.07, 6.45) is 9.20. The molecule has 0 atom stereocenters. The first-order valence-electron chi connectivity index (χ1n) is 4.86. The first-order valence-corrected chi connectivity index (χ1v) is 4.86. The van der Waals surface area contributed by atoms with E-state index in [1.54, 1.807) is 13.1 Å². The quantitative estimate of drug-likeness (QED) is 0.635. The minimum atomic E-state index is -0.289. The summed E-state index contributed by atoms with van der Waals surface area (Å²) in [5.74, 6) is 0.564. The molecule has 0 radical (unpaired) electrons. The molecule has 4 nitrogen and oxygen atoms in total. The van der Waals surface area contributed by atoms with Crippen molar-refractivity contribution in [2.75, 3.05) is 13.2 Å². The smallest absolute Gasteiger partial charge is 0.337 e. The number of fused-ring (bicyclic) bond motifs is 1. The van der Waals surface area contributed by atoms with Gasteiger partial charge >= 0.3 is 5.97 Å². The molecule has 0 amide bonds. The molecule has 0 saturated carbocycles. The molecule has 78 valence electrons. The van der Waals surface area contributed by atoms with Gasteiger partial charge in [-0.05, 0) is 19.1 Å². The molecule has 0 fully saturated rings. The van der Waals surface area contributed by atoms with E-state index in [4.69, 9.17) is 4.74 Å². The van der Waals surface area contributed by atoms with E-state index in [9.17, 15) is 4.79 Å². The molecule has 0 spiro atoms. The zero-order chi connectivity index (χ0) is 10.7. The lowest BCUT2D eigenvalue weighted by Gasteiger charge is -2.25. The standard InChI is InChI=1S/C11H12N2O2/c1-2-15-11(14)9-7-12-10-5-3-4-6-13(10)8-9/h3-7H,2,8H2,1H3. The first-order chi connectivity index (χ1) is 7.31. The fourth-order valence-corrected chi connectivity index (χ4v) is 1.43. The summed E-state index contributed by atoms with van der Waals surface area (Å²) in [7, 11) is 0. The maximum Gasteiger partial charge on any atom is 0.337 e. The average Bonchev–Trinajstić information content (AvgIpc) is 2.29. The van der Waals surface area contributed by atoms with E-state index >= 15 is 0 Å². The Morgan fingerprint density at radius 2 is 2.47 bits per heavy atom. The summed E-state index contributed by atoms with van der Waals surface area (Å²) in [4.78, 5) is 17.5. The number of ether oxygens (including phenoxy) is 1. The molecule has 0 unspecified atom stereocenters. The van der Waals surface area contributed by atoms with E-state index in [1.807, 2.05) is 29.3 Å². The minimum Gasteiger partial charge on any atom is -0.463 e. The summed E-state index contributed by atoms with van der Waals surface area (Å²) < 4.78 is 4.92. The third kappa shape index (κ3) is 1.98. The highest BCUT2D eigenvalue weighted by atomic mass is 16.5. The van der Waals surface area contributed by atoms with Crippen molar-refractivity contribution in [2.24, 2.45) is 4.99 Å². The van der Waals surface area contributed by atoms with Crippen molar-refractivity contribution in [2.45, 2.75) is 6.92 Å². The lowest BCUT2D eigenvalue weighted by atomic mass is 10.2. The largest absolute Gasteiger partial charge is 0.463 e. The molecule has 2 aliphatic heterocycles. The number of aliphatic imine (C=N–C) groups is 1. The Balaban J connectivity index is 2.15. The summed E-state index contributed by atoms with van der Waals surface area (Å²) in [6.45, 7) is 2.71. The number of carbonyl (C=O) groups is 1. The molecule has 0 bridgehead atoms. The van der Waals surface area contributed by atoms with Crippen molar-refractivity contribution >= 4 is 11.8 Å². The van der Waals surface area contributed by atoms with Crippen molar-refractivity contribution in [1.82, 2.24) is 4.90 Å². The van der Waals surface area contributed by atoms with E-state index in [0.29, 0.717) is 18.7 Å². The van der Waals surface area contributed by atoms with Gasteiger partial charge in [0.1, 0.15) is 5.84 Å². The van der Waals surface area contributed by atoms with Gasteiger partial charge in [-0.15, -0.1) is 0 Å². The third-order valence-electron chi connectivity index (χ3n) is 2.15. The van der Waals surface area contributed by atoms with Crippen LogP contribution in [-0.4, -0.2) is 29.9 Å². The van der Waals surface area contributed by atoms with Gasteiger partial charge in [0, 0.05) is 12.4 Å². The zero-order valence-electron chi connectivity index (χ0n) is 8.51.